The van der Waals surface area contributed by atoms with Crippen LogP contribution >= 0.6 is 0 Å². The molecule has 2 aromatic rings. The molecule has 0 radical (unpaired) electrons. The van der Waals surface area contributed by atoms with Crippen LogP contribution in [0.3, 0.4) is 0 Å². The van der Waals surface area contributed by atoms with Crippen LogP contribution in [0.25, 0.3) is 11.0 Å². The first kappa shape index (κ1) is 21.1. The highest BCUT2D eigenvalue weighted by molar-refractivity contribution is 5.92. The predicted molar refractivity (Wildman–Crippen MR) is 113 cm³/mol. The maximum Gasteiger partial charge on any atom is 0.337 e. The van der Waals surface area contributed by atoms with Crippen molar-refractivity contribution in [3.63, 3.8) is 0 Å². The highest BCUT2D eigenvalue weighted by atomic mass is 16.2. The Morgan fingerprint density at radius 2 is 1.69 bits per heavy atom. The molecule has 0 unspecified atom stereocenters. The van der Waals surface area contributed by atoms with Gasteiger partial charge in [0, 0.05) is 13.1 Å². The average molecular weight is 402 g/mol. The Hall–Kier alpha value is -2.61. The Kier molecular flexibility index (Phi) is 6.12. The zero-order valence-electron chi connectivity index (χ0n) is 17.5. The SMILES string of the molecule is CC(C)(C)[C@H](NC(=O)n1c(=O)n(CCN2CCCCC2)c2ccccc21)C(N)=O. The number of amides is 2. The molecule has 8 heteroatoms. The van der Waals surface area contributed by atoms with Crippen LogP contribution in [0.4, 0.5) is 4.79 Å². The average Bonchev–Trinajstić information content (AvgIpc) is 2.95. The summed E-state index contributed by atoms with van der Waals surface area (Å²) < 4.78 is 2.74. The number of likely N-dealkylation sites (tertiary alicyclic amines) is 1. The Bertz CT molecular complexity index is 947. The first-order valence-corrected chi connectivity index (χ1v) is 10.2. The third kappa shape index (κ3) is 4.53. The van der Waals surface area contributed by atoms with Crippen molar-refractivity contribution in [1.29, 1.82) is 0 Å². The Morgan fingerprint density at radius 3 is 2.28 bits per heavy atom. The fraction of sp³-hybridized carbons (Fsp3) is 0.571. The van der Waals surface area contributed by atoms with Crippen LogP contribution in [0.15, 0.2) is 29.1 Å². The number of aromatic nitrogens is 2. The minimum atomic E-state index is -0.891. The van der Waals surface area contributed by atoms with Crippen LogP contribution < -0.4 is 16.7 Å². The van der Waals surface area contributed by atoms with E-state index in [4.69, 9.17) is 5.73 Å². The van der Waals surface area contributed by atoms with E-state index in [1.165, 1.54) is 19.3 Å². The molecule has 1 aliphatic heterocycles. The highest BCUT2D eigenvalue weighted by Crippen LogP contribution is 2.20. The molecule has 1 aliphatic rings. The van der Waals surface area contributed by atoms with Crippen LogP contribution in [0.5, 0.6) is 0 Å². The molecule has 1 atom stereocenters. The summed E-state index contributed by atoms with van der Waals surface area (Å²) >= 11 is 0. The van der Waals surface area contributed by atoms with Crippen molar-refractivity contribution < 1.29 is 9.59 Å². The summed E-state index contributed by atoms with van der Waals surface area (Å²) in [7, 11) is 0. The lowest BCUT2D eigenvalue weighted by molar-refractivity contribution is -0.122. The second-order valence-electron chi connectivity index (χ2n) is 8.81. The van der Waals surface area contributed by atoms with Gasteiger partial charge >= 0.3 is 11.7 Å². The lowest BCUT2D eigenvalue weighted by Crippen LogP contribution is -2.54. The van der Waals surface area contributed by atoms with Crippen LogP contribution in [-0.4, -0.2) is 51.6 Å². The van der Waals surface area contributed by atoms with Gasteiger partial charge in [-0.1, -0.05) is 39.3 Å². The number of benzene rings is 1. The summed E-state index contributed by atoms with van der Waals surface area (Å²) in [6, 6.07) is 5.69. The molecular formula is C21H31N5O3. The van der Waals surface area contributed by atoms with Gasteiger partial charge in [0.15, 0.2) is 0 Å². The number of fused-ring (bicyclic) bond motifs is 1. The van der Waals surface area contributed by atoms with Gasteiger partial charge in [-0.05, 0) is 43.5 Å². The Labute approximate surface area is 170 Å². The van der Waals surface area contributed by atoms with Crippen molar-refractivity contribution in [3.05, 3.63) is 34.7 Å². The third-order valence-electron chi connectivity index (χ3n) is 5.55. The van der Waals surface area contributed by atoms with Crippen molar-refractivity contribution in [1.82, 2.24) is 19.4 Å². The lowest BCUT2D eigenvalue weighted by Gasteiger charge is -2.28. The smallest absolute Gasteiger partial charge is 0.337 e. The van der Waals surface area contributed by atoms with E-state index >= 15 is 0 Å². The number of nitrogens with zero attached hydrogens (tertiary/aromatic N) is 3. The van der Waals surface area contributed by atoms with Gasteiger partial charge in [0.1, 0.15) is 6.04 Å². The molecule has 158 valence electrons. The predicted octanol–water partition coefficient (Wildman–Crippen LogP) is 1.75. The molecule has 2 amide bonds. The van der Waals surface area contributed by atoms with Crippen molar-refractivity contribution in [3.8, 4) is 0 Å². The maximum absolute atomic E-state index is 13.1. The molecule has 1 aromatic heterocycles. The van der Waals surface area contributed by atoms with E-state index in [0.29, 0.717) is 17.6 Å². The number of nitrogens with two attached hydrogens (primary N) is 1. The molecule has 0 aliphatic carbocycles. The Balaban J connectivity index is 1.91. The topological polar surface area (TPSA) is 102 Å². The van der Waals surface area contributed by atoms with E-state index < -0.39 is 29.1 Å². The van der Waals surface area contributed by atoms with Crippen LogP contribution in [0.2, 0.25) is 0 Å². The van der Waals surface area contributed by atoms with Crippen molar-refractivity contribution in [2.75, 3.05) is 19.6 Å². The number of primary amides is 1. The van der Waals surface area contributed by atoms with Crippen molar-refractivity contribution in [2.24, 2.45) is 11.1 Å². The number of piperidine rings is 1. The zero-order valence-corrected chi connectivity index (χ0v) is 17.5. The molecule has 3 N–H and O–H groups in total. The second-order valence-corrected chi connectivity index (χ2v) is 8.81. The van der Waals surface area contributed by atoms with Crippen molar-refractivity contribution >= 4 is 23.0 Å². The van der Waals surface area contributed by atoms with E-state index in [2.05, 4.69) is 10.2 Å². The van der Waals surface area contributed by atoms with E-state index in [0.717, 1.165) is 24.2 Å². The summed E-state index contributed by atoms with van der Waals surface area (Å²) in [5.41, 5.74) is 5.73. The second kappa shape index (κ2) is 8.41. The lowest BCUT2D eigenvalue weighted by atomic mass is 9.86. The number of carbonyl (C=O) groups excluding carboxylic acids is 2. The summed E-state index contributed by atoms with van der Waals surface area (Å²) in [5.74, 6) is -0.632. The molecular weight excluding hydrogens is 370 g/mol. The molecule has 1 aromatic carbocycles. The number of imidazole rings is 1. The number of hydrogen-bond donors (Lipinski definition) is 2. The largest absolute Gasteiger partial charge is 0.368 e. The van der Waals surface area contributed by atoms with E-state index in [-0.39, 0.29) is 0 Å². The van der Waals surface area contributed by atoms with Gasteiger partial charge in [-0.2, -0.15) is 0 Å². The van der Waals surface area contributed by atoms with Gasteiger partial charge in [0.05, 0.1) is 11.0 Å². The zero-order chi connectivity index (χ0) is 21.2. The monoisotopic (exact) mass is 401 g/mol. The quantitative estimate of drug-likeness (QED) is 0.797. The highest BCUT2D eigenvalue weighted by Gasteiger charge is 2.32. The molecule has 3 rings (SSSR count). The molecule has 29 heavy (non-hydrogen) atoms. The molecule has 1 fully saturated rings. The van der Waals surface area contributed by atoms with Crippen molar-refractivity contribution in [2.45, 2.75) is 52.6 Å². The molecule has 0 spiro atoms. The minimum Gasteiger partial charge on any atom is -0.368 e. The van der Waals surface area contributed by atoms with E-state index in [9.17, 15) is 14.4 Å². The fourth-order valence-electron chi connectivity index (χ4n) is 3.95. The van der Waals surface area contributed by atoms with E-state index in [1.807, 2.05) is 32.9 Å². The normalized spacial score (nSPS) is 16.7. The first-order valence-electron chi connectivity index (χ1n) is 10.2. The summed E-state index contributed by atoms with van der Waals surface area (Å²) in [6.45, 7) is 8.80. The van der Waals surface area contributed by atoms with Crippen LogP contribution in [0, 0.1) is 5.41 Å². The number of hydrogen-bond acceptors (Lipinski definition) is 4. The molecule has 1 saturated heterocycles. The summed E-state index contributed by atoms with van der Waals surface area (Å²) in [5, 5.41) is 2.65. The number of para-hydroxylation sites is 2. The number of nitrogens with one attached hydrogen (secondary N) is 1. The Morgan fingerprint density at radius 1 is 1.07 bits per heavy atom. The fourth-order valence-corrected chi connectivity index (χ4v) is 3.95. The van der Waals surface area contributed by atoms with Crippen LogP contribution in [-0.2, 0) is 11.3 Å². The summed E-state index contributed by atoms with van der Waals surface area (Å²) in [4.78, 5) is 40.3. The van der Waals surface area contributed by atoms with Gasteiger partial charge in [0.25, 0.3) is 0 Å². The third-order valence-corrected chi connectivity index (χ3v) is 5.55. The van der Waals surface area contributed by atoms with Gasteiger partial charge in [-0.25, -0.2) is 14.2 Å². The van der Waals surface area contributed by atoms with Gasteiger partial charge in [-0.15, -0.1) is 0 Å². The first-order chi connectivity index (χ1) is 13.7. The number of carbonyl (C=O) groups is 2. The van der Waals surface area contributed by atoms with Gasteiger partial charge < -0.3 is 16.0 Å². The van der Waals surface area contributed by atoms with E-state index in [1.54, 1.807) is 16.7 Å². The maximum atomic E-state index is 13.1. The molecule has 2 heterocycles. The standard InChI is InChI=1S/C21H31N5O3/c1-21(2,3)17(18(22)27)23-19(28)26-16-10-6-5-9-15(16)25(20(26)29)14-13-24-11-7-4-8-12-24/h5-6,9-10,17H,4,7-8,11-14H2,1-3H3,(H2,22,27)(H,23,28)/t17-/m1/s1. The molecule has 0 bridgehead atoms. The number of rotatable bonds is 5. The molecule has 8 nitrogen and oxygen atoms in total. The van der Waals surface area contributed by atoms with Crippen LogP contribution in [0.1, 0.15) is 40.0 Å². The summed E-state index contributed by atoms with van der Waals surface area (Å²) in [6.07, 6.45) is 3.62. The van der Waals surface area contributed by atoms with Gasteiger partial charge in [0.2, 0.25) is 5.91 Å². The molecule has 0 saturated carbocycles. The van der Waals surface area contributed by atoms with Gasteiger partial charge in [-0.3, -0.25) is 9.36 Å². The minimum absolute atomic E-state index is 0.405.